The molecule has 1 fully saturated rings. The number of unbranched alkanes of at least 4 members (excludes halogenated alkanes) is 48. The fraction of sp³-hybridized carbons (Fsp3) is 0.597. The maximum absolute atomic E-state index is 15.4. The van der Waals surface area contributed by atoms with Crippen LogP contribution in [0.1, 0.15) is 436 Å². The van der Waals surface area contributed by atoms with Gasteiger partial charge in [0.1, 0.15) is 0 Å². The van der Waals surface area contributed by atoms with Crippen LogP contribution in [0.15, 0.2) is 121 Å². The van der Waals surface area contributed by atoms with Crippen molar-refractivity contribution in [2.45, 2.75) is 394 Å². The minimum Gasteiger partial charge on any atom is -0.491 e. The summed E-state index contributed by atoms with van der Waals surface area (Å²) in [6.07, 6.45) is 68.9. The van der Waals surface area contributed by atoms with Gasteiger partial charge in [-0.3, -0.25) is 9.59 Å². The van der Waals surface area contributed by atoms with Gasteiger partial charge in [0, 0.05) is 44.5 Å². The number of carbonyl (C=O) groups excluding carboxylic acids is 2. The number of allylic oxidation sites excluding steroid dienone is 2. The van der Waals surface area contributed by atoms with E-state index < -0.39 is 35.1 Å². The van der Waals surface area contributed by atoms with E-state index in [4.69, 9.17) is 28.4 Å². The van der Waals surface area contributed by atoms with Crippen LogP contribution in [-0.4, -0.2) is 51.6 Å². The van der Waals surface area contributed by atoms with Crippen molar-refractivity contribution in [3.8, 4) is 70.4 Å². The number of ether oxygens (including phenoxy) is 6. The van der Waals surface area contributed by atoms with Gasteiger partial charge in [0.15, 0.2) is 46.3 Å². The van der Waals surface area contributed by atoms with E-state index in [1.54, 1.807) is 24.3 Å². The van der Waals surface area contributed by atoms with E-state index in [0.717, 1.165) is 220 Å². The van der Waals surface area contributed by atoms with Crippen molar-refractivity contribution in [1.82, 2.24) is 0 Å². The van der Waals surface area contributed by atoms with E-state index >= 15 is 17.6 Å². The number of carbonyl (C=O) groups is 2. The van der Waals surface area contributed by atoms with Crippen molar-refractivity contribution >= 4 is 11.9 Å². The van der Waals surface area contributed by atoms with Gasteiger partial charge in [-0.05, 0) is 203 Å². The molecule has 1 saturated carbocycles. The van der Waals surface area contributed by atoms with Gasteiger partial charge >= 0.3 is 11.9 Å². The average Bonchev–Trinajstić information content (AvgIpc) is 1.61. The average molecular weight is 1800 g/mol. The Morgan fingerprint density at radius 3 is 0.702 bits per heavy atom. The molecule has 6 aromatic carbocycles. The zero-order valence-corrected chi connectivity index (χ0v) is 81.2. The SMILES string of the molecule is CCCCCCCCCCCOc1ccc(C#Cc2ccc(C#Cc3ccc(OCCCCCCCCCCC)c(F)c3)c(CCCCCCCCCCCOC(=O)[C@@H]3C4C=CC(C4)[C@H]3C(=O)OCCCCCCCCCCCc3cc(C#Cc4ccc(OCCCCCCCCCCC)c(F)c4)ccc3C#Cc3ccc(OCCCCCCCCCCC)c(F)c3)c2)cc1F. The van der Waals surface area contributed by atoms with Crippen LogP contribution in [0.3, 0.4) is 0 Å². The standard InChI is InChI=1S/C119H162F4O8/c1-5-9-13-17-21-29-37-45-53-83-126-112-79-69-98(91-108(112)120)63-61-96-65-73-102(75-67-100-71-81-114(110(122)93-100)128-85-55-47-39-31-23-19-15-11-7-3)104(89-96)59-51-43-35-27-25-33-41-49-57-87-130-118(124)116-106-77-78-107(95-106)117(116)119(125)131-88-58-50-42-34-26-28-36-44-52-60-105-90-97(62-64-99-70-80-113(109(121)92-99)127-84-54-46-38-30-22-18-14-10-6-2)66-74-103(105)76-68-101-72-82-115(111(123)94-101)129-86-56-48-40-32-24-20-16-12-8-4/h65-66,69-74,77-82,89-94,106-107,116-117H,5-60,83-88,95H2,1-4H3/t106?,107?,116-,117-/m1/s1. The van der Waals surface area contributed by atoms with Gasteiger partial charge in [0.05, 0.1) is 51.5 Å². The summed E-state index contributed by atoms with van der Waals surface area (Å²) >= 11 is 0. The summed E-state index contributed by atoms with van der Waals surface area (Å²) in [5, 5.41) is 0. The van der Waals surface area contributed by atoms with Crippen LogP contribution in [-0.2, 0) is 31.9 Å². The Balaban J connectivity index is 0.709. The number of halogens is 4. The second-order valence-electron chi connectivity index (χ2n) is 37.2. The third-order valence-corrected chi connectivity index (χ3v) is 26.0. The van der Waals surface area contributed by atoms with Crippen molar-refractivity contribution in [2.75, 3.05) is 39.6 Å². The van der Waals surface area contributed by atoms with Crippen LogP contribution in [0.4, 0.5) is 17.6 Å². The molecule has 8 rings (SSSR count). The lowest BCUT2D eigenvalue weighted by Gasteiger charge is -2.25. The number of aryl methyl sites for hydroxylation is 2. The topological polar surface area (TPSA) is 89.5 Å². The van der Waals surface area contributed by atoms with E-state index in [9.17, 15) is 9.59 Å². The maximum Gasteiger partial charge on any atom is 0.310 e. The first-order valence-electron chi connectivity index (χ1n) is 52.5. The highest BCUT2D eigenvalue weighted by molar-refractivity contribution is 5.84. The lowest BCUT2D eigenvalue weighted by molar-refractivity contribution is -0.161. The molecular weight excluding hydrogens is 1630 g/mol. The first-order chi connectivity index (χ1) is 64.4. The number of hydrogen-bond donors (Lipinski definition) is 0. The number of rotatable bonds is 70. The zero-order valence-electron chi connectivity index (χ0n) is 81.2. The molecule has 0 saturated heterocycles. The van der Waals surface area contributed by atoms with Crippen LogP contribution < -0.4 is 18.9 Å². The molecule has 714 valence electrons. The number of benzene rings is 6. The van der Waals surface area contributed by atoms with E-state index in [-0.39, 0.29) is 46.8 Å². The van der Waals surface area contributed by atoms with Crippen molar-refractivity contribution in [3.05, 3.63) is 200 Å². The monoisotopic (exact) mass is 1800 g/mol. The minimum absolute atomic E-state index is 0.00707. The molecule has 0 amide bonds. The van der Waals surface area contributed by atoms with E-state index in [0.29, 0.717) is 61.9 Å². The third-order valence-electron chi connectivity index (χ3n) is 26.0. The highest BCUT2D eigenvalue weighted by Gasteiger charge is 2.53. The Hall–Kier alpha value is -8.84. The lowest BCUT2D eigenvalue weighted by atomic mass is 9.83. The predicted molar refractivity (Wildman–Crippen MR) is 533 cm³/mol. The Bertz CT molecular complexity index is 4210. The summed E-state index contributed by atoms with van der Waals surface area (Å²) in [5.74, 6) is 23.9. The van der Waals surface area contributed by atoms with Crippen LogP contribution in [0, 0.1) is 94.3 Å². The fourth-order valence-corrected chi connectivity index (χ4v) is 18.0. The molecule has 0 N–H and O–H groups in total. The van der Waals surface area contributed by atoms with E-state index in [1.807, 2.05) is 48.5 Å². The molecule has 0 aromatic heterocycles. The second-order valence-corrected chi connectivity index (χ2v) is 37.2. The highest BCUT2D eigenvalue weighted by Crippen LogP contribution is 2.49. The van der Waals surface area contributed by atoms with Gasteiger partial charge in [0.2, 0.25) is 0 Å². The summed E-state index contributed by atoms with van der Waals surface area (Å²) in [7, 11) is 0. The van der Waals surface area contributed by atoms with Crippen LogP contribution in [0.2, 0.25) is 0 Å². The first-order valence-corrected chi connectivity index (χ1v) is 52.5. The van der Waals surface area contributed by atoms with Crippen molar-refractivity contribution < 1.29 is 55.6 Å². The Labute approximate surface area is 790 Å². The van der Waals surface area contributed by atoms with Gasteiger partial charge in [0.25, 0.3) is 0 Å². The first kappa shape index (κ1) is 107. The Morgan fingerprint density at radius 1 is 0.252 bits per heavy atom. The largest absolute Gasteiger partial charge is 0.491 e. The quantitative estimate of drug-likeness (QED) is 0.0123. The van der Waals surface area contributed by atoms with Gasteiger partial charge < -0.3 is 28.4 Å². The number of fused-ring (bicyclic) bond motifs is 2. The van der Waals surface area contributed by atoms with Crippen molar-refractivity contribution in [3.63, 3.8) is 0 Å². The van der Waals surface area contributed by atoms with E-state index in [2.05, 4.69) is 99.3 Å². The molecular formula is C119H162F4O8. The van der Waals surface area contributed by atoms with Gasteiger partial charge in [-0.1, -0.05) is 383 Å². The normalized spacial score (nSPS) is 14.1. The molecule has 4 atom stereocenters. The number of esters is 2. The molecule has 0 heterocycles. The summed E-state index contributed by atoms with van der Waals surface area (Å²) < 4.78 is 96.5. The summed E-state index contributed by atoms with van der Waals surface area (Å²) in [5.41, 5.74) is 7.86. The van der Waals surface area contributed by atoms with Crippen LogP contribution >= 0.6 is 0 Å². The fourth-order valence-electron chi connectivity index (χ4n) is 18.0. The minimum atomic E-state index is -0.493. The molecule has 0 radical (unpaired) electrons. The van der Waals surface area contributed by atoms with Crippen molar-refractivity contribution in [1.29, 1.82) is 0 Å². The molecule has 2 bridgehead atoms. The molecule has 12 heteroatoms. The Morgan fingerprint density at radius 2 is 0.458 bits per heavy atom. The smallest absolute Gasteiger partial charge is 0.310 e. The second kappa shape index (κ2) is 68.2. The molecule has 0 spiro atoms. The summed E-state index contributed by atoms with van der Waals surface area (Å²) in [6.45, 7) is 11.7. The molecule has 0 aliphatic heterocycles. The van der Waals surface area contributed by atoms with Crippen LogP contribution in [0.25, 0.3) is 0 Å². The molecule has 131 heavy (non-hydrogen) atoms. The third kappa shape index (κ3) is 44.7. The van der Waals surface area contributed by atoms with Gasteiger partial charge in [-0.2, -0.15) is 0 Å². The zero-order chi connectivity index (χ0) is 92.4. The molecule has 2 aliphatic carbocycles. The molecule has 6 aromatic rings. The van der Waals surface area contributed by atoms with E-state index in [1.165, 1.54) is 204 Å². The Kier molecular flexibility index (Phi) is 56.0. The van der Waals surface area contributed by atoms with Gasteiger partial charge in [-0.15, -0.1) is 0 Å². The molecule has 8 nitrogen and oxygen atoms in total. The predicted octanol–water partition coefficient (Wildman–Crippen LogP) is 32.8. The lowest BCUT2D eigenvalue weighted by Crippen LogP contribution is -2.35. The summed E-state index contributed by atoms with van der Waals surface area (Å²) in [6, 6.07) is 31.9. The number of hydrogen-bond acceptors (Lipinski definition) is 8. The highest BCUT2D eigenvalue weighted by atomic mass is 19.1. The van der Waals surface area contributed by atoms with Crippen LogP contribution in [0.5, 0.6) is 23.0 Å². The molecule has 2 aliphatic rings. The van der Waals surface area contributed by atoms with Gasteiger partial charge in [-0.25, -0.2) is 17.6 Å². The summed E-state index contributed by atoms with van der Waals surface area (Å²) in [4.78, 5) is 27.4. The molecule has 2 unspecified atom stereocenters. The van der Waals surface area contributed by atoms with Crippen molar-refractivity contribution in [2.24, 2.45) is 23.7 Å². The maximum atomic E-state index is 15.4.